The summed E-state index contributed by atoms with van der Waals surface area (Å²) < 4.78 is 44.6. The molecule has 0 saturated carbocycles. The third kappa shape index (κ3) is 4.23. The van der Waals surface area contributed by atoms with Crippen LogP contribution >= 0.6 is 22.6 Å². The first-order chi connectivity index (χ1) is 11.8. The molecule has 0 spiro atoms. The van der Waals surface area contributed by atoms with E-state index in [0.29, 0.717) is 25.1 Å². The minimum atomic E-state index is -4.44. The van der Waals surface area contributed by atoms with E-state index in [1.807, 2.05) is 12.1 Å². The number of amides is 1. The van der Waals surface area contributed by atoms with Crippen LogP contribution in [-0.2, 0) is 6.18 Å². The number of rotatable bonds is 3. The molecule has 8 heteroatoms. The quantitative estimate of drug-likeness (QED) is 0.648. The van der Waals surface area contributed by atoms with Gasteiger partial charge < -0.3 is 9.64 Å². The zero-order chi connectivity index (χ0) is 18.0. The smallest absolute Gasteiger partial charge is 0.416 e. The highest BCUT2D eigenvalue weighted by Gasteiger charge is 2.32. The van der Waals surface area contributed by atoms with E-state index >= 15 is 0 Å². The number of pyridine rings is 1. The number of ether oxygens (including phenoxy) is 1. The first kappa shape index (κ1) is 18.0. The van der Waals surface area contributed by atoms with Crippen molar-refractivity contribution in [2.75, 3.05) is 13.1 Å². The Bertz CT molecular complexity index is 782. The zero-order valence-electron chi connectivity index (χ0n) is 13.0. The average Bonchev–Trinajstić information content (AvgIpc) is 3.03. The summed E-state index contributed by atoms with van der Waals surface area (Å²) in [5, 5.41) is 0. The maximum absolute atomic E-state index is 12.7. The third-order valence-corrected chi connectivity index (χ3v) is 4.83. The lowest BCUT2D eigenvalue weighted by Crippen LogP contribution is -2.31. The van der Waals surface area contributed by atoms with Crippen LogP contribution in [-0.4, -0.2) is 35.0 Å². The van der Waals surface area contributed by atoms with Crippen LogP contribution in [0.1, 0.15) is 22.3 Å². The van der Waals surface area contributed by atoms with Crippen LogP contribution in [0.2, 0.25) is 0 Å². The van der Waals surface area contributed by atoms with Crippen LogP contribution in [0.4, 0.5) is 13.2 Å². The summed E-state index contributed by atoms with van der Waals surface area (Å²) in [6, 6.07) is 9.04. The fourth-order valence-electron chi connectivity index (χ4n) is 2.63. The van der Waals surface area contributed by atoms with Crippen LogP contribution in [0.3, 0.4) is 0 Å². The van der Waals surface area contributed by atoms with Crippen molar-refractivity contribution in [1.29, 1.82) is 0 Å². The normalized spacial score (nSPS) is 17.6. The molecule has 132 valence electrons. The van der Waals surface area contributed by atoms with E-state index in [0.717, 1.165) is 21.9 Å². The Balaban J connectivity index is 1.66. The number of carbonyl (C=O) groups is 1. The van der Waals surface area contributed by atoms with E-state index in [1.165, 1.54) is 0 Å². The first-order valence-electron chi connectivity index (χ1n) is 7.58. The molecule has 2 aromatic rings. The minimum Gasteiger partial charge on any atom is -0.472 e. The Hall–Kier alpha value is -1.84. The van der Waals surface area contributed by atoms with E-state index in [9.17, 15) is 18.0 Å². The second kappa shape index (κ2) is 7.19. The Morgan fingerprint density at radius 1 is 1.28 bits per heavy atom. The van der Waals surface area contributed by atoms with Crippen LogP contribution in [0, 0.1) is 3.57 Å². The van der Waals surface area contributed by atoms with Crippen molar-refractivity contribution < 1.29 is 22.7 Å². The van der Waals surface area contributed by atoms with Crippen molar-refractivity contribution in [3.63, 3.8) is 0 Å². The largest absolute Gasteiger partial charge is 0.472 e. The van der Waals surface area contributed by atoms with Gasteiger partial charge in [0.2, 0.25) is 5.88 Å². The van der Waals surface area contributed by atoms with Gasteiger partial charge in [0, 0.05) is 28.8 Å². The highest BCUT2D eigenvalue weighted by Crippen LogP contribution is 2.31. The summed E-state index contributed by atoms with van der Waals surface area (Å²) in [6.45, 7) is 0.815. The number of hydrogen-bond acceptors (Lipinski definition) is 3. The van der Waals surface area contributed by atoms with Gasteiger partial charge in [-0.15, -0.1) is 0 Å². The number of alkyl halides is 3. The van der Waals surface area contributed by atoms with Gasteiger partial charge in [-0.3, -0.25) is 4.79 Å². The van der Waals surface area contributed by atoms with Gasteiger partial charge in [-0.05, 0) is 40.8 Å². The number of hydrogen-bond donors (Lipinski definition) is 0. The van der Waals surface area contributed by atoms with Gasteiger partial charge in [-0.1, -0.05) is 12.1 Å². The first-order valence-corrected chi connectivity index (χ1v) is 8.66. The third-order valence-electron chi connectivity index (χ3n) is 3.89. The van der Waals surface area contributed by atoms with Crippen LogP contribution < -0.4 is 4.74 Å². The summed E-state index contributed by atoms with van der Waals surface area (Å²) >= 11 is 2.10. The second-order valence-corrected chi connectivity index (χ2v) is 6.80. The molecule has 0 aliphatic carbocycles. The van der Waals surface area contributed by atoms with Gasteiger partial charge in [-0.25, -0.2) is 4.98 Å². The minimum absolute atomic E-state index is 0.0802. The molecule has 4 nitrogen and oxygen atoms in total. The molecule has 1 aromatic heterocycles. The van der Waals surface area contributed by atoms with E-state index in [-0.39, 0.29) is 17.9 Å². The molecule has 0 bridgehead atoms. The average molecular weight is 462 g/mol. The van der Waals surface area contributed by atoms with Crippen molar-refractivity contribution in [1.82, 2.24) is 9.88 Å². The Kier molecular flexibility index (Phi) is 5.16. The number of halogens is 4. The molecule has 1 unspecified atom stereocenters. The maximum atomic E-state index is 12.7. The molecule has 1 aliphatic heterocycles. The van der Waals surface area contributed by atoms with Gasteiger partial charge >= 0.3 is 6.18 Å². The van der Waals surface area contributed by atoms with Crippen LogP contribution in [0.5, 0.6) is 5.88 Å². The molecule has 1 fully saturated rings. The predicted molar refractivity (Wildman–Crippen MR) is 93.3 cm³/mol. The predicted octanol–water partition coefficient (Wildman–Crippen LogP) is 4.00. The van der Waals surface area contributed by atoms with Gasteiger partial charge in [-0.2, -0.15) is 13.2 Å². The molecule has 1 aromatic carbocycles. The monoisotopic (exact) mass is 462 g/mol. The SMILES string of the molecule is O=C(c1ccccc1I)N1CCC(Oc2cc(C(F)(F)F)ccn2)C1. The molecule has 1 amide bonds. The highest BCUT2D eigenvalue weighted by molar-refractivity contribution is 14.1. The van der Waals surface area contributed by atoms with E-state index in [4.69, 9.17) is 4.74 Å². The summed E-state index contributed by atoms with van der Waals surface area (Å²) in [5.41, 5.74) is -0.191. The lowest BCUT2D eigenvalue weighted by molar-refractivity contribution is -0.137. The Labute approximate surface area is 156 Å². The lowest BCUT2D eigenvalue weighted by atomic mass is 10.2. The number of carbonyl (C=O) groups excluding carboxylic acids is 1. The fraction of sp³-hybridized carbons (Fsp3) is 0.294. The molecule has 2 heterocycles. The highest BCUT2D eigenvalue weighted by atomic mass is 127. The molecule has 1 atom stereocenters. The zero-order valence-corrected chi connectivity index (χ0v) is 15.1. The summed E-state index contributed by atoms with van der Waals surface area (Å²) in [6.07, 6.45) is -3.20. The van der Waals surface area contributed by atoms with Gasteiger partial charge in [0.15, 0.2) is 0 Å². The molecule has 3 rings (SSSR count). The maximum Gasteiger partial charge on any atom is 0.416 e. The van der Waals surface area contributed by atoms with E-state index in [1.54, 1.807) is 17.0 Å². The Morgan fingerprint density at radius 3 is 2.76 bits per heavy atom. The molecule has 0 radical (unpaired) electrons. The molecule has 0 N–H and O–H groups in total. The van der Waals surface area contributed by atoms with Crippen LogP contribution in [0.15, 0.2) is 42.6 Å². The van der Waals surface area contributed by atoms with Crippen molar-refractivity contribution in [2.24, 2.45) is 0 Å². The van der Waals surface area contributed by atoms with Gasteiger partial charge in [0.05, 0.1) is 17.7 Å². The van der Waals surface area contributed by atoms with Gasteiger partial charge in [0.1, 0.15) is 6.10 Å². The van der Waals surface area contributed by atoms with Crippen LogP contribution in [0.25, 0.3) is 0 Å². The standard InChI is InChI=1S/C17H14F3IN2O2/c18-17(19,20)11-5-7-22-15(9-11)25-12-6-8-23(10-12)16(24)13-3-1-2-4-14(13)21/h1-5,7,9,12H,6,8,10H2. The molecular weight excluding hydrogens is 448 g/mol. The number of nitrogens with zero attached hydrogens (tertiary/aromatic N) is 2. The lowest BCUT2D eigenvalue weighted by Gasteiger charge is -2.18. The molecule has 25 heavy (non-hydrogen) atoms. The van der Waals surface area contributed by atoms with Crippen molar-refractivity contribution in [3.8, 4) is 5.88 Å². The van der Waals surface area contributed by atoms with Crippen molar-refractivity contribution >= 4 is 28.5 Å². The van der Waals surface area contributed by atoms with Crippen molar-refractivity contribution in [2.45, 2.75) is 18.7 Å². The number of benzene rings is 1. The number of aromatic nitrogens is 1. The summed E-state index contributed by atoms with van der Waals surface area (Å²) in [4.78, 5) is 18.0. The molecular formula is C17H14F3IN2O2. The number of likely N-dealkylation sites (tertiary alicyclic amines) is 1. The fourth-order valence-corrected chi connectivity index (χ4v) is 3.25. The molecule has 1 saturated heterocycles. The van der Waals surface area contributed by atoms with E-state index in [2.05, 4.69) is 27.6 Å². The van der Waals surface area contributed by atoms with Gasteiger partial charge in [0.25, 0.3) is 5.91 Å². The molecule has 1 aliphatic rings. The van der Waals surface area contributed by atoms with E-state index < -0.39 is 11.7 Å². The summed E-state index contributed by atoms with van der Waals surface area (Å²) in [7, 11) is 0. The van der Waals surface area contributed by atoms with Crippen molar-refractivity contribution in [3.05, 3.63) is 57.3 Å². The topological polar surface area (TPSA) is 42.4 Å². The Morgan fingerprint density at radius 2 is 2.04 bits per heavy atom. The second-order valence-electron chi connectivity index (χ2n) is 5.64. The summed E-state index contributed by atoms with van der Waals surface area (Å²) in [5.74, 6) is -0.184.